The third kappa shape index (κ3) is 4.77. The summed E-state index contributed by atoms with van der Waals surface area (Å²) in [5, 5.41) is 0. The fourth-order valence-corrected chi connectivity index (χ4v) is 3.04. The average molecular weight is 339 g/mol. The van der Waals surface area contributed by atoms with Crippen LogP contribution in [0, 0.1) is 0 Å². The monoisotopic (exact) mass is 339 g/mol. The topological polar surface area (TPSA) is 86.8 Å². The molecule has 2 rings (SSSR count). The standard InChI is InChI=1S/C15H21N3O4S/c1-12(19)18-9-8-17(15(20)10-16-23(2,21)22)11-14(18)13-6-4-3-5-7-13/h3-7,14,16H,8-11H2,1-2H3/t14-/m1/s1. The molecular formula is C15H21N3O4S. The molecule has 23 heavy (non-hydrogen) atoms. The SMILES string of the molecule is CC(=O)N1CCN(C(=O)CNS(C)(=O)=O)C[C@@H]1c1ccccc1. The molecule has 1 aliphatic heterocycles. The third-order valence-electron chi connectivity index (χ3n) is 3.81. The molecule has 0 unspecified atom stereocenters. The van der Waals surface area contributed by atoms with Gasteiger partial charge < -0.3 is 9.80 Å². The second kappa shape index (κ2) is 7.10. The summed E-state index contributed by atoms with van der Waals surface area (Å²) in [6, 6.07) is 9.29. The van der Waals surface area contributed by atoms with Gasteiger partial charge in [0.25, 0.3) is 0 Å². The molecule has 1 saturated heterocycles. The van der Waals surface area contributed by atoms with Crippen LogP contribution >= 0.6 is 0 Å². The molecule has 0 radical (unpaired) electrons. The second-order valence-electron chi connectivity index (χ2n) is 5.57. The Labute approximate surface area is 136 Å². The van der Waals surface area contributed by atoms with Gasteiger partial charge in [-0.05, 0) is 5.56 Å². The molecule has 0 bridgehead atoms. The van der Waals surface area contributed by atoms with Crippen LogP contribution in [0.2, 0.25) is 0 Å². The van der Waals surface area contributed by atoms with Gasteiger partial charge in [-0.3, -0.25) is 9.59 Å². The van der Waals surface area contributed by atoms with Gasteiger partial charge >= 0.3 is 0 Å². The lowest BCUT2D eigenvalue weighted by Crippen LogP contribution is -2.53. The molecule has 1 aliphatic rings. The van der Waals surface area contributed by atoms with E-state index in [1.165, 1.54) is 6.92 Å². The maximum atomic E-state index is 12.2. The molecule has 1 fully saturated rings. The second-order valence-corrected chi connectivity index (χ2v) is 7.40. The van der Waals surface area contributed by atoms with Crippen molar-refractivity contribution in [3.05, 3.63) is 35.9 Å². The number of piperazine rings is 1. The number of benzene rings is 1. The highest BCUT2D eigenvalue weighted by atomic mass is 32.2. The Morgan fingerprint density at radius 2 is 1.87 bits per heavy atom. The number of carbonyl (C=O) groups excluding carboxylic acids is 2. The molecule has 126 valence electrons. The zero-order valence-electron chi connectivity index (χ0n) is 13.2. The van der Waals surface area contributed by atoms with Gasteiger partial charge in [-0.2, -0.15) is 0 Å². The fourth-order valence-electron chi connectivity index (χ4n) is 2.65. The Kier molecular flexibility index (Phi) is 5.38. The molecule has 1 atom stereocenters. The molecule has 0 aromatic heterocycles. The summed E-state index contributed by atoms with van der Waals surface area (Å²) in [5.74, 6) is -0.334. The smallest absolute Gasteiger partial charge is 0.237 e. The van der Waals surface area contributed by atoms with Crippen molar-refractivity contribution in [3.63, 3.8) is 0 Å². The highest BCUT2D eigenvalue weighted by Gasteiger charge is 2.31. The van der Waals surface area contributed by atoms with E-state index in [0.717, 1.165) is 11.8 Å². The zero-order chi connectivity index (χ0) is 17.0. The Hall–Kier alpha value is -1.93. The quantitative estimate of drug-likeness (QED) is 0.834. The molecule has 8 heteroatoms. The van der Waals surface area contributed by atoms with Crippen LogP contribution in [-0.4, -0.2) is 62.5 Å². The first kappa shape index (κ1) is 17.4. The van der Waals surface area contributed by atoms with Gasteiger partial charge in [-0.25, -0.2) is 13.1 Å². The van der Waals surface area contributed by atoms with Crippen molar-refractivity contribution in [2.45, 2.75) is 13.0 Å². The van der Waals surface area contributed by atoms with E-state index in [9.17, 15) is 18.0 Å². The molecule has 0 spiro atoms. The number of hydrogen-bond donors (Lipinski definition) is 1. The Morgan fingerprint density at radius 3 is 2.43 bits per heavy atom. The van der Waals surface area contributed by atoms with E-state index in [4.69, 9.17) is 0 Å². The molecule has 1 heterocycles. The lowest BCUT2D eigenvalue weighted by molar-refractivity contribution is -0.141. The first-order chi connectivity index (χ1) is 10.8. The first-order valence-electron chi connectivity index (χ1n) is 7.32. The minimum absolute atomic E-state index is 0.0415. The van der Waals surface area contributed by atoms with Crippen molar-refractivity contribution >= 4 is 21.8 Å². The van der Waals surface area contributed by atoms with E-state index in [-0.39, 0.29) is 24.4 Å². The number of hydrogen-bond acceptors (Lipinski definition) is 4. The van der Waals surface area contributed by atoms with E-state index in [1.54, 1.807) is 9.80 Å². The molecule has 1 N–H and O–H groups in total. The number of amides is 2. The summed E-state index contributed by atoms with van der Waals surface area (Å²) in [5.41, 5.74) is 0.955. The maximum absolute atomic E-state index is 12.2. The normalized spacial score (nSPS) is 18.8. The molecule has 0 aliphatic carbocycles. The van der Waals surface area contributed by atoms with E-state index in [0.29, 0.717) is 19.6 Å². The lowest BCUT2D eigenvalue weighted by atomic mass is 10.0. The Bertz CT molecular complexity index is 675. The number of rotatable bonds is 4. The molecule has 1 aromatic carbocycles. The molecule has 7 nitrogen and oxygen atoms in total. The predicted octanol–water partition coefficient (Wildman–Crippen LogP) is -0.0324. The summed E-state index contributed by atoms with van der Waals surface area (Å²) in [4.78, 5) is 27.4. The summed E-state index contributed by atoms with van der Waals surface area (Å²) in [6.07, 6.45) is 1.01. The van der Waals surface area contributed by atoms with Crippen LogP contribution in [0.25, 0.3) is 0 Å². The van der Waals surface area contributed by atoms with Gasteiger partial charge in [0.15, 0.2) is 0 Å². The number of sulfonamides is 1. The minimum Gasteiger partial charge on any atom is -0.337 e. The summed E-state index contributed by atoms with van der Waals surface area (Å²) >= 11 is 0. The van der Waals surface area contributed by atoms with Crippen LogP contribution < -0.4 is 4.72 Å². The van der Waals surface area contributed by atoms with Crippen molar-refractivity contribution in [2.24, 2.45) is 0 Å². The van der Waals surface area contributed by atoms with Gasteiger partial charge in [0.1, 0.15) is 0 Å². The van der Waals surface area contributed by atoms with Gasteiger partial charge in [0.2, 0.25) is 21.8 Å². The van der Waals surface area contributed by atoms with Crippen LogP contribution in [0.15, 0.2) is 30.3 Å². The van der Waals surface area contributed by atoms with E-state index >= 15 is 0 Å². The molecule has 0 saturated carbocycles. The molecule has 2 amide bonds. The lowest BCUT2D eigenvalue weighted by Gasteiger charge is -2.41. The van der Waals surface area contributed by atoms with Gasteiger partial charge in [0, 0.05) is 26.6 Å². The highest BCUT2D eigenvalue weighted by molar-refractivity contribution is 7.88. The number of carbonyl (C=O) groups is 2. The van der Waals surface area contributed by atoms with Gasteiger partial charge in [-0.1, -0.05) is 30.3 Å². The van der Waals surface area contributed by atoms with Crippen molar-refractivity contribution in [1.29, 1.82) is 0 Å². The third-order valence-corrected chi connectivity index (χ3v) is 4.48. The summed E-state index contributed by atoms with van der Waals surface area (Å²) in [6.45, 7) is 2.43. The largest absolute Gasteiger partial charge is 0.337 e. The molecular weight excluding hydrogens is 318 g/mol. The van der Waals surface area contributed by atoms with Crippen molar-refractivity contribution in [1.82, 2.24) is 14.5 Å². The van der Waals surface area contributed by atoms with Gasteiger partial charge in [-0.15, -0.1) is 0 Å². The van der Waals surface area contributed by atoms with Crippen LogP contribution in [-0.2, 0) is 19.6 Å². The fraction of sp³-hybridized carbons (Fsp3) is 0.467. The van der Waals surface area contributed by atoms with Crippen LogP contribution in [0.1, 0.15) is 18.5 Å². The molecule has 1 aromatic rings. The van der Waals surface area contributed by atoms with Crippen molar-refractivity contribution in [3.8, 4) is 0 Å². The Balaban J connectivity index is 2.12. The predicted molar refractivity (Wildman–Crippen MR) is 86.0 cm³/mol. The first-order valence-corrected chi connectivity index (χ1v) is 9.21. The number of nitrogens with one attached hydrogen (secondary N) is 1. The van der Waals surface area contributed by atoms with Crippen molar-refractivity contribution < 1.29 is 18.0 Å². The summed E-state index contributed by atoms with van der Waals surface area (Å²) in [7, 11) is -3.41. The van der Waals surface area contributed by atoms with E-state index in [2.05, 4.69) is 4.72 Å². The maximum Gasteiger partial charge on any atom is 0.237 e. The Morgan fingerprint density at radius 1 is 1.22 bits per heavy atom. The zero-order valence-corrected chi connectivity index (χ0v) is 14.0. The van der Waals surface area contributed by atoms with Crippen LogP contribution in [0.4, 0.5) is 0 Å². The van der Waals surface area contributed by atoms with E-state index in [1.807, 2.05) is 30.3 Å². The summed E-state index contributed by atoms with van der Waals surface area (Å²) < 4.78 is 24.4. The van der Waals surface area contributed by atoms with Gasteiger partial charge in [0.05, 0.1) is 18.8 Å². The van der Waals surface area contributed by atoms with Crippen LogP contribution in [0.5, 0.6) is 0 Å². The highest BCUT2D eigenvalue weighted by Crippen LogP contribution is 2.25. The van der Waals surface area contributed by atoms with Crippen LogP contribution in [0.3, 0.4) is 0 Å². The van der Waals surface area contributed by atoms with E-state index < -0.39 is 10.0 Å². The number of nitrogens with zero attached hydrogens (tertiary/aromatic N) is 2. The minimum atomic E-state index is -3.41. The average Bonchev–Trinajstić information content (AvgIpc) is 2.52. The van der Waals surface area contributed by atoms with Crippen molar-refractivity contribution in [2.75, 3.05) is 32.4 Å².